The van der Waals surface area contributed by atoms with E-state index in [0.29, 0.717) is 33.3 Å². The molecule has 2 heterocycles. The van der Waals surface area contributed by atoms with Crippen molar-refractivity contribution in [1.82, 2.24) is 9.97 Å². The van der Waals surface area contributed by atoms with Crippen LogP contribution in [-0.2, 0) is 6.42 Å². The summed E-state index contributed by atoms with van der Waals surface area (Å²) in [6.07, 6.45) is 0.278. The molecule has 0 unspecified atom stereocenters. The number of aromatic amines is 1. The molecule has 3 aromatic rings. The normalized spacial score (nSPS) is 12.3. The van der Waals surface area contributed by atoms with Crippen LogP contribution >= 0.6 is 11.6 Å². The second kappa shape index (κ2) is 5.21. The minimum atomic E-state index is -0.365. The highest BCUT2D eigenvalue weighted by molar-refractivity contribution is 6.30. The zero-order chi connectivity index (χ0) is 16.0. The smallest absolute Gasteiger partial charge is 0.258 e. The Balaban J connectivity index is 1.83. The van der Waals surface area contributed by atoms with Crippen LogP contribution in [0, 0.1) is 5.82 Å². The van der Waals surface area contributed by atoms with Crippen molar-refractivity contribution in [3.63, 3.8) is 0 Å². The van der Waals surface area contributed by atoms with Gasteiger partial charge in [0.1, 0.15) is 17.4 Å². The maximum absolute atomic E-state index is 13.3. The van der Waals surface area contributed by atoms with Crippen LogP contribution in [0.15, 0.2) is 47.3 Å². The van der Waals surface area contributed by atoms with Crippen LogP contribution in [0.1, 0.15) is 11.1 Å². The van der Waals surface area contributed by atoms with Gasteiger partial charge in [-0.15, -0.1) is 0 Å². The molecule has 2 aromatic carbocycles. The largest absolute Gasteiger partial charge is 0.438 e. The first-order valence-corrected chi connectivity index (χ1v) is 7.33. The minimum Gasteiger partial charge on any atom is -0.438 e. The summed E-state index contributed by atoms with van der Waals surface area (Å²) in [5.74, 6) is 0.759. The van der Waals surface area contributed by atoms with Crippen LogP contribution in [0.25, 0.3) is 11.4 Å². The molecule has 1 aliphatic heterocycles. The van der Waals surface area contributed by atoms with E-state index in [-0.39, 0.29) is 23.7 Å². The molecule has 6 heteroatoms. The molecular formula is C17H10ClFN2O2. The van der Waals surface area contributed by atoms with E-state index >= 15 is 0 Å². The summed E-state index contributed by atoms with van der Waals surface area (Å²) in [6, 6.07) is 11.2. The second-order valence-electron chi connectivity index (χ2n) is 5.24. The van der Waals surface area contributed by atoms with Crippen molar-refractivity contribution < 1.29 is 9.13 Å². The molecule has 1 aliphatic rings. The highest BCUT2D eigenvalue weighted by Crippen LogP contribution is 2.34. The lowest BCUT2D eigenvalue weighted by molar-refractivity contribution is 0.436. The van der Waals surface area contributed by atoms with Crippen molar-refractivity contribution in [3.05, 3.63) is 74.8 Å². The predicted octanol–water partition coefficient (Wildman–Crippen LogP) is 3.93. The van der Waals surface area contributed by atoms with E-state index in [1.54, 1.807) is 24.3 Å². The fraction of sp³-hybridized carbons (Fsp3) is 0.0588. The summed E-state index contributed by atoms with van der Waals surface area (Å²) in [4.78, 5) is 19.4. The van der Waals surface area contributed by atoms with Crippen LogP contribution < -0.4 is 10.3 Å². The third kappa shape index (κ3) is 2.49. The lowest BCUT2D eigenvalue weighted by Gasteiger charge is -2.19. The number of hydrogen-bond donors (Lipinski definition) is 1. The zero-order valence-corrected chi connectivity index (χ0v) is 12.5. The Bertz CT molecular complexity index is 985. The first-order chi connectivity index (χ1) is 11.1. The van der Waals surface area contributed by atoms with Gasteiger partial charge >= 0.3 is 0 Å². The number of rotatable bonds is 1. The third-order valence-corrected chi connectivity index (χ3v) is 3.91. The minimum absolute atomic E-state index is 0.239. The Hall–Kier alpha value is -2.66. The SMILES string of the molecule is O=c1[nH]c(-c2cccc(Cl)c2)nc2c1Cc1cc(F)ccc1O2. The molecule has 4 nitrogen and oxygen atoms in total. The van der Waals surface area contributed by atoms with Gasteiger partial charge in [0.2, 0.25) is 5.88 Å². The predicted molar refractivity (Wildman–Crippen MR) is 84.6 cm³/mol. The highest BCUT2D eigenvalue weighted by Gasteiger charge is 2.22. The van der Waals surface area contributed by atoms with Crippen LogP contribution in [0.3, 0.4) is 0 Å². The topological polar surface area (TPSA) is 55.0 Å². The molecule has 0 spiro atoms. The number of ether oxygens (including phenoxy) is 1. The molecule has 23 heavy (non-hydrogen) atoms. The van der Waals surface area contributed by atoms with Gasteiger partial charge < -0.3 is 9.72 Å². The van der Waals surface area contributed by atoms with E-state index in [2.05, 4.69) is 9.97 Å². The van der Waals surface area contributed by atoms with Crippen molar-refractivity contribution in [2.45, 2.75) is 6.42 Å². The number of fused-ring (bicyclic) bond motifs is 2. The standard InChI is InChI=1S/C17H10ClFN2O2/c18-11-3-1-2-9(6-11)15-20-16(22)13-8-10-7-12(19)4-5-14(10)23-17(13)21-15/h1-7H,8H2,(H,20,21,22). The van der Waals surface area contributed by atoms with Gasteiger partial charge in [0.25, 0.3) is 5.56 Å². The van der Waals surface area contributed by atoms with E-state index in [1.807, 2.05) is 0 Å². The Labute approximate surface area is 135 Å². The molecule has 0 saturated carbocycles. The number of aromatic nitrogens is 2. The fourth-order valence-electron chi connectivity index (χ4n) is 2.57. The molecule has 0 bridgehead atoms. The monoisotopic (exact) mass is 328 g/mol. The lowest BCUT2D eigenvalue weighted by atomic mass is 10.0. The second-order valence-corrected chi connectivity index (χ2v) is 5.68. The first-order valence-electron chi connectivity index (χ1n) is 6.95. The molecular weight excluding hydrogens is 319 g/mol. The van der Waals surface area contributed by atoms with Crippen molar-refractivity contribution in [2.75, 3.05) is 0 Å². The summed E-state index contributed by atoms with van der Waals surface area (Å²) >= 11 is 5.97. The van der Waals surface area contributed by atoms with Crippen molar-refractivity contribution in [3.8, 4) is 23.0 Å². The molecule has 0 atom stereocenters. The number of nitrogens with zero attached hydrogens (tertiary/aromatic N) is 1. The van der Waals surface area contributed by atoms with Crippen molar-refractivity contribution in [1.29, 1.82) is 0 Å². The molecule has 0 radical (unpaired) electrons. The van der Waals surface area contributed by atoms with E-state index in [9.17, 15) is 9.18 Å². The van der Waals surface area contributed by atoms with Crippen LogP contribution in [0.2, 0.25) is 5.02 Å². The van der Waals surface area contributed by atoms with E-state index in [0.717, 1.165) is 0 Å². The average Bonchev–Trinajstić information content (AvgIpc) is 2.53. The van der Waals surface area contributed by atoms with Crippen LogP contribution in [0.5, 0.6) is 11.6 Å². The molecule has 0 fully saturated rings. The summed E-state index contributed by atoms with van der Waals surface area (Å²) in [5.41, 5.74) is 1.39. The summed E-state index contributed by atoms with van der Waals surface area (Å²) < 4.78 is 19.0. The summed E-state index contributed by atoms with van der Waals surface area (Å²) in [6.45, 7) is 0. The van der Waals surface area contributed by atoms with Gasteiger partial charge in [-0.3, -0.25) is 4.79 Å². The van der Waals surface area contributed by atoms with Crippen molar-refractivity contribution >= 4 is 11.6 Å². The lowest BCUT2D eigenvalue weighted by Crippen LogP contribution is -2.20. The fourth-order valence-corrected chi connectivity index (χ4v) is 2.76. The first kappa shape index (κ1) is 14.0. The average molecular weight is 329 g/mol. The van der Waals surface area contributed by atoms with Gasteiger partial charge in [0.15, 0.2) is 0 Å². The molecule has 0 aliphatic carbocycles. The molecule has 0 amide bonds. The summed E-state index contributed by atoms with van der Waals surface area (Å²) in [5, 5.41) is 0.546. The highest BCUT2D eigenvalue weighted by atomic mass is 35.5. The molecule has 1 aromatic heterocycles. The number of nitrogens with one attached hydrogen (secondary N) is 1. The molecule has 4 rings (SSSR count). The Morgan fingerprint density at radius 2 is 2.09 bits per heavy atom. The van der Waals surface area contributed by atoms with E-state index < -0.39 is 0 Å². The van der Waals surface area contributed by atoms with E-state index in [1.165, 1.54) is 18.2 Å². The molecule has 114 valence electrons. The van der Waals surface area contributed by atoms with Gasteiger partial charge in [0, 0.05) is 22.6 Å². The summed E-state index contributed by atoms with van der Waals surface area (Å²) in [7, 11) is 0. The third-order valence-electron chi connectivity index (χ3n) is 3.67. The number of benzene rings is 2. The van der Waals surface area contributed by atoms with Gasteiger partial charge in [-0.05, 0) is 30.3 Å². The number of halogens is 2. The quantitative estimate of drug-likeness (QED) is 0.576. The van der Waals surface area contributed by atoms with E-state index in [4.69, 9.17) is 16.3 Å². The van der Waals surface area contributed by atoms with Gasteiger partial charge in [-0.25, -0.2) is 4.39 Å². The van der Waals surface area contributed by atoms with Gasteiger partial charge in [-0.1, -0.05) is 23.7 Å². The maximum atomic E-state index is 13.3. The van der Waals surface area contributed by atoms with Crippen LogP contribution in [0.4, 0.5) is 4.39 Å². The van der Waals surface area contributed by atoms with Crippen molar-refractivity contribution in [2.24, 2.45) is 0 Å². The molecule has 0 saturated heterocycles. The van der Waals surface area contributed by atoms with Gasteiger partial charge in [0.05, 0.1) is 5.56 Å². The Kier molecular flexibility index (Phi) is 3.16. The zero-order valence-electron chi connectivity index (χ0n) is 11.8. The Morgan fingerprint density at radius 1 is 1.22 bits per heavy atom. The number of H-pyrrole nitrogens is 1. The van der Waals surface area contributed by atoms with Crippen LogP contribution in [-0.4, -0.2) is 9.97 Å². The maximum Gasteiger partial charge on any atom is 0.258 e. The number of hydrogen-bond acceptors (Lipinski definition) is 3. The molecule has 1 N–H and O–H groups in total. The van der Waals surface area contributed by atoms with Gasteiger partial charge in [-0.2, -0.15) is 4.98 Å². The Morgan fingerprint density at radius 3 is 2.91 bits per heavy atom.